The number of hydrogen-bond acceptors (Lipinski definition) is 1. The molecule has 0 amide bonds. The lowest BCUT2D eigenvalue weighted by Gasteiger charge is -1.88. The van der Waals surface area contributed by atoms with Crippen LogP contribution in [0, 0.1) is 19.5 Å². The quantitative estimate of drug-likeness (QED) is 0.380. The van der Waals surface area contributed by atoms with Crippen LogP contribution in [0.4, 0.5) is 0 Å². The van der Waals surface area contributed by atoms with Crippen LogP contribution in [-0.4, -0.2) is 6.61 Å². The first-order valence-corrected chi connectivity index (χ1v) is 2.22. The van der Waals surface area contributed by atoms with E-state index in [2.05, 4.69) is 17.8 Å². The molecule has 0 bridgehead atoms. The average molecular weight is 97.1 g/mol. The number of rotatable bonds is 3. The average Bonchev–Trinajstić information content (AvgIpc) is 1.69. The molecule has 0 heterocycles. The lowest BCUT2D eigenvalue weighted by atomic mass is 10.3. The Labute approximate surface area is 44.7 Å². The van der Waals surface area contributed by atoms with E-state index in [-0.39, 0.29) is 0 Å². The van der Waals surface area contributed by atoms with Gasteiger partial charge >= 0.3 is 0 Å². The smallest absolute Gasteiger partial charge is 0.0700 e. The van der Waals surface area contributed by atoms with Crippen LogP contribution in [0.5, 0.6) is 0 Å². The third-order valence-corrected chi connectivity index (χ3v) is 0.610. The van der Waals surface area contributed by atoms with Gasteiger partial charge in [0.1, 0.15) is 0 Å². The maximum Gasteiger partial charge on any atom is 0.0700 e. The van der Waals surface area contributed by atoms with E-state index in [4.69, 9.17) is 6.42 Å². The number of hydrogen-bond donors (Lipinski definition) is 0. The van der Waals surface area contributed by atoms with E-state index >= 15 is 0 Å². The zero-order valence-electron chi connectivity index (χ0n) is 4.31. The van der Waals surface area contributed by atoms with Crippen LogP contribution in [0.3, 0.4) is 0 Å². The van der Waals surface area contributed by atoms with Gasteiger partial charge in [0.15, 0.2) is 0 Å². The minimum Gasteiger partial charge on any atom is -0.379 e. The van der Waals surface area contributed by atoms with Crippen LogP contribution in [0.15, 0.2) is 0 Å². The summed E-state index contributed by atoms with van der Waals surface area (Å²) in [6.45, 7) is 0.671. The summed E-state index contributed by atoms with van der Waals surface area (Å²) in [6, 6.07) is 0. The fraction of sp³-hybridized carbons (Fsp3) is 0.500. The molecule has 0 rings (SSSR count). The van der Waals surface area contributed by atoms with Crippen LogP contribution >= 0.6 is 0 Å². The van der Waals surface area contributed by atoms with Crippen molar-refractivity contribution in [3.8, 4) is 12.3 Å². The largest absolute Gasteiger partial charge is 0.379 e. The molecule has 0 aliphatic rings. The second-order valence-corrected chi connectivity index (χ2v) is 1.22. The zero-order chi connectivity index (χ0) is 5.54. The van der Waals surface area contributed by atoms with Crippen molar-refractivity contribution in [3.05, 3.63) is 7.11 Å². The van der Waals surface area contributed by atoms with Crippen molar-refractivity contribution in [1.29, 1.82) is 0 Å². The van der Waals surface area contributed by atoms with Crippen molar-refractivity contribution >= 4 is 0 Å². The van der Waals surface area contributed by atoms with Gasteiger partial charge in [-0.05, 0) is 6.42 Å². The van der Waals surface area contributed by atoms with Crippen molar-refractivity contribution < 1.29 is 4.74 Å². The third kappa shape index (κ3) is 5.52. The van der Waals surface area contributed by atoms with Crippen LogP contribution in [-0.2, 0) is 4.74 Å². The van der Waals surface area contributed by atoms with Crippen molar-refractivity contribution in [3.63, 3.8) is 0 Å². The number of terminal acetylenes is 1. The molecule has 0 atom stereocenters. The second kappa shape index (κ2) is 5.52. The van der Waals surface area contributed by atoms with E-state index in [0.717, 1.165) is 12.8 Å². The minimum atomic E-state index is 0.671. The first-order chi connectivity index (χ1) is 3.41. The molecule has 0 unspecified atom stereocenters. The van der Waals surface area contributed by atoms with Gasteiger partial charge < -0.3 is 4.74 Å². The van der Waals surface area contributed by atoms with Crippen molar-refractivity contribution in [2.75, 3.05) is 6.61 Å². The lowest BCUT2D eigenvalue weighted by molar-refractivity contribution is 0.239. The summed E-state index contributed by atoms with van der Waals surface area (Å²) < 4.78 is 4.50. The van der Waals surface area contributed by atoms with E-state index in [0.29, 0.717) is 6.61 Å². The molecule has 0 N–H and O–H groups in total. The van der Waals surface area contributed by atoms with E-state index in [1.54, 1.807) is 0 Å². The van der Waals surface area contributed by atoms with Gasteiger partial charge in [-0.1, -0.05) is 0 Å². The van der Waals surface area contributed by atoms with E-state index in [1.165, 1.54) is 0 Å². The Hall–Kier alpha value is -0.480. The van der Waals surface area contributed by atoms with Crippen LogP contribution in [0.2, 0.25) is 0 Å². The molecule has 0 spiro atoms. The number of ether oxygens (including phenoxy) is 1. The highest BCUT2D eigenvalue weighted by Gasteiger charge is 1.77. The summed E-state index contributed by atoms with van der Waals surface area (Å²) in [5.41, 5.74) is 0. The van der Waals surface area contributed by atoms with Crippen LogP contribution in [0.25, 0.3) is 0 Å². The minimum absolute atomic E-state index is 0.671. The normalized spacial score (nSPS) is 8.00. The summed E-state index contributed by atoms with van der Waals surface area (Å²) in [4.78, 5) is 0. The molecule has 0 aromatic heterocycles. The van der Waals surface area contributed by atoms with E-state index in [1.807, 2.05) is 0 Å². The van der Waals surface area contributed by atoms with Crippen LogP contribution in [0.1, 0.15) is 12.8 Å². The molecule has 0 saturated heterocycles. The fourth-order valence-corrected chi connectivity index (χ4v) is 0.276. The Morgan fingerprint density at radius 2 is 2.43 bits per heavy atom. The standard InChI is InChI=1S/C6H9O/c1-3-4-5-6-7-2/h1H,2,4-6H2. The molecule has 0 aromatic carbocycles. The predicted molar refractivity (Wildman–Crippen MR) is 29.4 cm³/mol. The summed E-state index contributed by atoms with van der Waals surface area (Å²) in [7, 11) is 3.19. The van der Waals surface area contributed by atoms with Gasteiger partial charge in [0, 0.05) is 13.0 Å². The van der Waals surface area contributed by atoms with Gasteiger partial charge in [-0.15, -0.1) is 12.3 Å². The maximum atomic E-state index is 4.94. The topological polar surface area (TPSA) is 9.23 Å². The first-order valence-electron chi connectivity index (χ1n) is 2.22. The molecule has 39 valence electrons. The molecule has 0 fully saturated rings. The second-order valence-electron chi connectivity index (χ2n) is 1.22. The molecule has 0 saturated carbocycles. The molecule has 0 aliphatic carbocycles. The fourth-order valence-electron chi connectivity index (χ4n) is 0.276. The van der Waals surface area contributed by atoms with Crippen molar-refractivity contribution in [1.82, 2.24) is 0 Å². The Kier molecular flexibility index (Phi) is 5.14. The van der Waals surface area contributed by atoms with Crippen molar-refractivity contribution in [2.24, 2.45) is 0 Å². The Bertz CT molecular complexity index is 61.1. The summed E-state index contributed by atoms with van der Waals surface area (Å²) >= 11 is 0. The van der Waals surface area contributed by atoms with E-state index < -0.39 is 0 Å². The Balaban J connectivity index is 2.60. The van der Waals surface area contributed by atoms with Gasteiger partial charge in [0.05, 0.1) is 7.11 Å². The van der Waals surface area contributed by atoms with Crippen molar-refractivity contribution in [2.45, 2.75) is 12.8 Å². The molecule has 0 aliphatic heterocycles. The highest BCUT2D eigenvalue weighted by Crippen LogP contribution is 1.84. The molecule has 1 nitrogen and oxygen atoms in total. The highest BCUT2D eigenvalue weighted by molar-refractivity contribution is 4.82. The summed E-state index contributed by atoms with van der Waals surface area (Å²) in [5, 5.41) is 0. The predicted octanol–water partition coefficient (Wildman–Crippen LogP) is 1.21. The highest BCUT2D eigenvalue weighted by atomic mass is 16.5. The van der Waals surface area contributed by atoms with E-state index in [9.17, 15) is 0 Å². The van der Waals surface area contributed by atoms with Gasteiger partial charge in [-0.2, -0.15) is 0 Å². The molecule has 7 heavy (non-hydrogen) atoms. The Morgan fingerprint density at radius 3 is 2.86 bits per heavy atom. The molecule has 0 aromatic rings. The molecule has 1 radical (unpaired) electrons. The van der Waals surface area contributed by atoms with Gasteiger partial charge in [-0.25, -0.2) is 0 Å². The maximum absolute atomic E-state index is 4.94. The van der Waals surface area contributed by atoms with Gasteiger partial charge in [0.2, 0.25) is 0 Å². The number of unbranched alkanes of at least 4 members (excludes halogenated alkanes) is 1. The molecular formula is C6H9O. The monoisotopic (exact) mass is 97.1 g/mol. The van der Waals surface area contributed by atoms with Crippen LogP contribution < -0.4 is 0 Å². The summed E-state index contributed by atoms with van der Waals surface area (Å²) in [6.07, 6.45) is 6.65. The Morgan fingerprint density at radius 1 is 1.71 bits per heavy atom. The van der Waals surface area contributed by atoms with Gasteiger partial charge in [0.25, 0.3) is 0 Å². The molecular weight excluding hydrogens is 88.1 g/mol. The first kappa shape index (κ1) is 6.52. The summed E-state index contributed by atoms with van der Waals surface area (Å²) in [5.74, 6) is 2.49. The SMILES string of the molecule is C#CCCCO[CH2]. The lowest BCUT2D eigenvalue weighted by Crippen LogP contribution is -1.82. The molecule has 1 heteroatoms. The zero-order valence-corrected chi connectivity index (χ0v) is 4.31. The van der Waals surface area contributed by atoms with Gasteiger partial charge in [-0.3, -0.25) is 0 Å². The third-order valence-electron chi connectivity index (χ3n) is 0.610.